The molecule has 2 N–H and O–H groups in total. The molecular formula is C14H21ClN2O. The van der Waals surface area contributed by atoms with Crippen molar-refractivity contribution in [3.8, 4) is 0 Å². The third-order valence-electron chi connectivity index (χ3n) is 2.67. The van der Waals surface area contributed by atoms with Crippen molar-refractivity contribution in [2.24, 2.45) is 0 Å². The molecule has 1 aromatic rings. The van der Waals surface area contributed by atoms with Gasteiger partial charge in [-0.3, -0.25) is 4.79 Å². The van der Waals surface area contributed by atoms with Gasteiger partial charge in [0.1, 0.15) is 0 Å². The number of carbonyl (C=O) groups excluding carboxylic acids is 1. The second kappa shape index (κ2) is 7.98. The highest BCUT2D eigenvalue weighted by Gasteiger charge is 2.03. The molecule has 0 aromatic heterocycles. The molecule has 0 aliphatic heterocycles. The summed E-state index contributed by atoms with van der Waals surface area (Å²) in [6.45, 7) is 4.90. The van der Waals surface area contributed by atoms with Crippen LogP contribution in [0.15, 0.2) is 18.2 Å². The summed E-state index contributed by atoms with van der Waals surface area (Å²) < 4.78 is 0. The predicted molar refractivity (Wildman–Crippen MR) is 78.4 cm³/mol. The largest absolute Gasteiger partial charge is 0.384 e. The van der Waals surface area contributed by atoms with Crippen LogP contribution in [0.4, 0.5) is 11.4 Å². The highest BCUT2D eigenvalue weighted by Crippen LogP contribution is 2.25. The number of hydrogen-bond acceptors (Lipinski definition) is 2. The van der Waals surface area contributed by atoms with Gasteiger partial charge in [-0.05, 0) is 24.6 Å². The van der Waals surface area contributed by atoms with E-state index in [9.17, 15) is 4.79 Å². The maximum Gasteiger partial charge on any atom is 0.224 e. The average molecular weight is 269 g/mol. The zero-order chi connectivity index (χ0) is 13.4. The number of benzene rings is 1. The summed E-state index contributed by atoms with van der Waals surface area (Å²) in [5.41, 5.74) is 1.66. The summed E-state index contributed by atoms with van der Waals surface area (Å²) >= 11 is 6.10. The fourth-order valence-electron chi connectivity index (χ4n) is 1.59. The lowest BCUT2D eigenvalue weighted by Crippen LogP contribution is -2.10. The molecule has 0 unspecified atom stereocenters. The zero-order valence-corrected chi connectivity index (χ0v) is 11.8. The minimum absolute atomic E-state index is 0.00857. The van der Waals surface area contributed by atoms with Crippen LogP contribution in [0.5, 0.6) is 0 Å². The van der Waals surface area contributed by atoms with Crippen LogP contribution in [0.1, 0.15) is 39.5 Å². The van der Waals surface area contributed by atoms with Gasteiger partial charge in [-0.1, -0.05) is 38.3 Å². The van der Waals surface area contributed by atoms with Crippen LogP contribution in [0.25, 0.3) is 0 Å². The Morgan fingerprint density at radius 3 is 2.72 bits per heavy atom. The Labute approximate surface area is 114 Å². The highest BCUT2D eigenvalue weighted by molar-refractivity contribution is 6.33. The molecule has 0 saturated heterocycles. The van der Waals surface area contributed by atoms with E-state index in [2.05, 4.69) is 17.6 Å². The van der Waals surface area contributed by atoms with Gasteiger partial charge >= 0.3 is 0 Å². The Morgan fingerprint density at radius 1 is 1.28 bits per heavy atom. The Hall–Kier alpha value is -1.22. The van der Waals surface area contributed by atoms with Crippen LogP contribution < -0.4 is 10.6 Å². The smallest absolute Gasteiger partial charge is 0.224 e. The number of carbonyl (C=O) groups is 1. The molecule has 100 valence electrons. The number of anilines is 2. The van der Waals surface area contributed by atoms with E-state index in [4.69, 9.17) is 11.6 Å². The lowest BCUT2D eigenvalue weighted by molar-refractivity contribution is -0.115. The lowest BCUT2D eigenvalue weighted by Gasteiger charge is -2.11. The van der Waals surface area contributed by atoms with Gasteiger partial charge < -0.3 is 10.6 Å². The standard InChI is InChI=1S/C14H21ClN2O/c1-3-5-6-9-16-13-10-11(7-8-12(13)15)17-14(18)4-2/h7-8,10,16H,3-6,9H2,1-2H3,(H,17,18). The minimum atomic E-state index is 0.00857. The van der Waals surface area contributed by atoms with Crippen LogP contribution in [0.2, 0.25) is 5.02 Å². The summed E-state index contributed by atoms with van der Waals surface area (Å²) in [5.74, 6) is 0.00857. The van der Waals surface area contributed by atoms with E-state index in [0.717, 1.165) is 24.3 Å². The van der Waals surface area contributed by atoms with E-state index in [0.29, 0.717) is 11.4 Å². The number of halogens is 1. The first-order valence-electron chi connectivity index (χ1n) is 6.50. The van der Waals surface area contributed by atoms with Gasteiger partial charge in [0.15, 0.2) is 0 Å². The fourth-order valence-corrected chi connectivity index (χ4v) is 1.77. The van der Waals surface area contributed by atoms with Crippen LogP contribution in [-0.2, 0) is 4.79 Å². The molecule has 0 fully saturated rings. The maximum atomic E-state index is 11.3. The Bertz CT molecular complexity index is 393. The summed E-state index contributed by atoms with van der Waals surface area (Å²) in [5, 5.41) is 6.80. The van der Waals surface area contributed by atoms with E-state index < -0.39 is 0 Å². The molecule has 0 spiro atoms. The Morgan fingerprint density at radius 2 is 2.06 bits per heavy atom. The third kappa shape index (κ3) is 4.96. The van der Waals surface area contributed by atoms with E-state index >= 15 is 0 Å². The molecule has 0 bridgehead atoms. The van der Waals surface area contributed by atoms with Gasteiger partial charge in [0.05, 0.1) is 10.7 Å². The van der Waals surface area contributed by atoms with Gasteiger partial charge in [-0.15, -0.1) is 0 Å². The van der Waals surface area contributed by atoms with Crippen molar-refractivity contribution < 1.29 is 4.79 Å². The second-order valence-electron chi connectivity index (χ2n) is 4.23. The third-order valence-corrected chi connectivity index (χ3v) is 3.00. The number of unbranched alkanes of at least 4 members (excludes halogenated alkanes) is 2. The minimum Gasteiger partial charge on any atom is -0.384 e. The van der Waals surface area contributed by atoms with E-state index in [1.807, 2.05) is 19.1 Å². The summed E-state index contributed by atoms with van der Waals surface area (Å²) in [4.78, 5) is 11.3. The van der Waals surface area contributed by atoms with Crippen LogP contribution in [-0.4, -0.2) is 12.5 Å². The highest BCUT2D eigenvalue weighted by atomic mass is 35.5. The van der Waals surface area contributed by atoms with Gasteiger partial charge in [0, 0.05) is 18.7 Å². The van der Waals surface area contributed by atoms with Crippen molar-refractivity contribution in [3.05, 3.63) is 23.2 Å². The molecule has 0 saturated carbocycles. The molecule has 1 rings (SSSR count). The van der Waals surface area contributed by atoms with Gasteiger partial charge in [-0.2, -0.15) is 0 Å². The predicted octanol–water partition coefficient (Wildman–Crippen LogP) is 4.29. The van der Waals surface area contributed by atoms with Crippen LogP contribution in [0, 0.1) is 0 Å². The van der Waals surface area contributed by atoms with Crippen molar-refractivity contribution in [2.75, 3.05) is 17.2 Å². The number of amides is 1. The second-order valence-corrected chi connectivity index (χ2v) is 4.64. The molecular weight excluding hydrogens is 248 g/mol. The molecule has 1 aromatic carbocycles. The Balaban J connectivity index is 2.60. The molecule has 18 heavy (non-hydrogen) atoms. The topological polar surface area (TPSA) is 41.1 Å². The van der Waals surface area contributed by atoms with Crippen molar-refractivity contribution in [3.63, 3.8) is 0 Å². The lowest BCUT2D eigenvalue weighted by atomic mass is 10.2. The molecule has 1 amide bonds. The van der Waals surface area contributed by atoms with Crippen molar-refractivity contribution in [1.82, 2.24) is 0 Å². The molecule has 0 radical (unpaired) electrons. The summed E-state index contributed by atoms with van der Waals surface area (Å²) in [6.07, 6.45) is 4.00. The molecule has 0 heterocycles. The number of rotatable bonds is 7. The molecule has 3 nitrogen and oxygen atoms in total. The molecule has 4 heteroatoms. The summed E-state index contributed by atoms with van der Waals surface area (Å²) in [7, 11) is 0. The zero-order valence-electron chi connectivity index (χ0n) is 11.1. The van der Waals surface area contributed by atoms with E-state index in [1.165, 1.54) is 12.8 Å². The van der Waals surface area contributed by atoms with Crippen molar-refractivity contribution >= 4 is 28.9 Å². The van der Waals surface area contributed by atoms with Crippen LogP contribution in [0.3, 0.4) is 0 Å². The van der Waals surface area contributed by atoms with Crippen molar-refractivity contribution in [2.45, 2.75) is 39.5 Å². The van der Waals surface area contributed by atoms with Gasteiger partial charge in [0.2, 0.25) is 5.91 Å². The monoisotopic (exact) mass is 268 g/mol. The fraction of sp³-hybridized carbons (Fsp3) is 0.500. The average Bonchev–Trinajstić information content (AvgIpc) is 2.38. The first-order chi connectivity index (χ1) is 8.67. The van der Waals surface area contributed by atoms with Gasteiger partial charge in [0.25, 0.3) is 0 Å². The normalized spacial score (nSPS) is 10.2. The summed E-state index contributed by atoms with van der Waals surface area (Å²) in [6, 6.07) is 5.49. The number of nitrogens with one attached hydrogen (secondary N) is 2. The van der Waals surface area contributed by atoms with E-state index in [1.54, 1.807) is 6.07 Å². The van der Waals surface area contributed by atoms with Crippen LogP contribution >= 0.6 is 11.6 Å². The maximum absolute atomic E-state index is 11.3. The first-order valence-corrected chi connectivity index (χ1v) is 6.88. The first kappa shape index (κ1) is 14.8. The quantitative estimate of drug-likeness (QED) is 0.724. The molecule has 0 aliphatic rings. The Kier molecular flexibility index (Phi) is 6.58. The molecule has 0 atom stereocenters. The van der Waals surface area contributed by atoms with E-state index in [-0.39, 0.29) is 5.91 Å². The number of hydrogen-bond donors (Lipinski definition) is 2. The van der Waals surface area contributed by atoms with Gasteiger partial charge in [-0.25, -0.2) is 0 Å². The van der Waals surface area contributed by atoms with Crippen molar-refractivity contribution in [1.29, 1.82) is 0 Å². The SMILES string of the molecule is CCCCCNc1cc(NC(=O)CC)ccc1Cl. The molecule has 0 aliphatic carbocycles.